The van der Waals surface area contributed by atoms with Gasteiger partial charge in [0.15, 0.2) is 6.61 Å². The summed E-state index contributed by atoms with van der Waals surface area (Å²) in [6.45, 7) is 4.37. The Morgan fingerprint density at radius 3 is 2.31 bits per heavy atom. The lowest BCUT2D eigenvalue weighted by molar-refractivity contribution is -0.154. The topological polar surface area (TPSA) is 27.1 Å². The lowest BCUT2D eigenvalue weighted by atomic mass is 9.89. The van der Waals surface area contributed by atoms with Crippen molar-refractivity contribution < 1.29 is 17.9 Å². The second-order valence-corrected chi connectivity index (χ2v) is 4.68. The van der Waals surface area contributed by atoms with Gasteiger partial charge in [0.25, 0.3) is 0 Å². The highest BCUT2D eigenvalue weighted by Crippen LogP contribution is 2.30. The molecule has 0 atom stereocenters. The Labute approximate surface area is 92.2 Å². The van der Waals surface area contributed by atoms with Gasteiger partial charge in [0, 0.05) is 18.8 Å². The van der Waals surface area contributed by atoms with Crippen LogP contribution in [-0.4, -0.2) is 22.6 Å². The Bertz CT molecular complexity index is 363. The summed E-state index contributed by atoms with van der Waals surface area (Å²) in [5.41, 5.74) is 0.370. The van der Waals surface area contributed by atoms with Crippen molar-refractivity contribution in [3.05, 3.63) is 11.8 Å². The Morgan fingerprint density at radius 1 is 1.31 bits per heavy atom. The summed E-state index contributed by atoms with van der Waals surface area (Å²) >= 11 is 0. The third kappa shape index (κ3) is 3.43. The molecule has 1 aromatic heterocycles. The zero-order chi connectivity index (χ0) is 12.6. The summed E-state index contributed by atoms with van der Waals surface area (Å²) < 4.78 is 42.2. The second-order valence-electron chi connectivity index (χ2n) is 4.68. The zero-order valence-corrected chi connectivity index (χ0v) is 9.72. The molecule has 0 aromatic carbocycles. The summed E-state index contributed by atoms with van der Waals surface area (Å²) in [4.78, 5) is 0. The van der Waals surface area contributed by atoms with Gasteiger partial charge in [-0.15, -0.1) is 5.10 Å². The fraction of sp³-hybridized carbons (Fsp3) is 0.700. The monoisotopic (exact) mass is 236 g/mol. The molecule has 0 N–H and O–H groups in total. The molecule has 0 aliphatic rings. The van der Waals surface area contributed by atoms with E-state index in [0.29, 0.717) is 5.56 Å². The highest BCUT2D eigenvalue weighted by atomic mass is 19.4. The van der Waals surface area contributed by atoms with E-state index < -0.39 is 12.8 Å². The molecule has 0 radical (unpaired) electrons. The molecule has 6 heteroatoms. The van der Waals surface area contributed by atoms with Crippen molar-refractivity contribution >= 4 is 0 Å². The van der Waals surface area contributed by atoms with Crippen LogP contribution in [0.15, 0.2) is 6.20 Å². The molecule has 0 spiro atoms. The van der Waals surface area contributed by atoms with Gasteiger partial charge in [-0.1, -0.05) is 20.8 Å². The van der Waals surface area contributed by atoms with E-state index in [4.69, 9.17) is 4.74 Å². The van der Waals surface area contributed by atoms with E-state index in [9.17, 15) is 13.2 Å². The average Bonchev–Trinajstić information content (AvgIpc) is 2.41. The van der Waals surface area contributed by atoms with Crippen LogP contribution in [0.2, 0.25) is 0 Å². The van der Waals surface area contributed by atoms with Gasteiger partial charge < -0.3 is 4.74 Å². The third-order valence-electron chi connectivity index (χ3n) is 1.98. The van der Waals surface area contributed by atoms with Gasteiger partial charge in [0.1, 0.15) is 0 Å². The Balaban J connectivity index is 2.88. The number of halogens is 3. The number of hydrogen-bond acceptors (Lipinski definition) is 2. The highest BCUT2D eigenvalue weighted by molar-refractivity contribution is 5.30. The minimum atomic E-state index is -4.34. The minimum Gasteiger partial charge on any atom is -0.467 e. The molecule has 0 saturated heterocycles. The zero-order valence-electron chi connectivity index (χ0n) is 9.72. The van der Waals surface area contributed by atoms with Crippen molar-refractivity contribution in [2.24, 2.45) is 7.05 Å². The molecule has 0 unspecified atom stereocenters. The first-order valence-corrected chi connectivity index (χ1v) is 4.83. The van der Waals surface area contributed by atoms with Crippen LogP contribution < -0.4 is 4.74 Å². The largest absolute Gasteiger partial charge is 0.467 e. The maximum atomic E-state index is 12.0. The number of nitrogens with zero attached hydrogens (tertiary/aromatic N) is 2. The number of hydrogen-bond donors (Lipinski definition) is 0. The van der Waals surface area contributed by atoms with E-state index in [0.717, 1.165) is 0 Å². The van der Waals surface area contributed by atoms with Crippen molar-refractivity contribution in [1.82, 2.24) is 9.78 Å². The first kappa shape index (κ1) is 12.9. The number of aryl methyl sites for hydroxylation is 1. The maximum absolute atomic E-state index is 12.0. The van der Waals surface area contributed by atoms with Crippen molar-refractivity contribution in [1.29, 1.82) is 0 Å². The lowest BCUT2D eigenvalue weighted by Crippen LogP contribution is -2.21. The molecule has 0 aliphatic carbocycles. The molecule has 1 aromatic rings. The molecule has 3 nitrogen and oxygen atoms in total. The predicted octanol–water partition coefficient (Wildman–Crippen LogP) is 2.66. The molecular formula is C10H15F3N2O. The maximum Gasteiger partial charge on any atom is 0.422 e. The van der Waals surface area contributed by atoms with Crippen LogP contribution in [0.3, 0.4) is 0 Å². The van der Waals surface area contributed by atoms with E-state index in [1.807, 2.05) is 20.8 Å². The Kier molecular flexibility index (Phi) is 3.21. The minimum absolute atomic E-state index is 0.0484. The Hall–Kier alpha value is -1.20. The molecule has 16 heavy (non-hydrogen) atoms. The van der Waals surface area contributed by atoms with Gasteiger partial charge in [-0.25, -0.2) is 0 Å². The van der Waals surface area contributed by atoms with Crippen LogP contribution in [-0.2, 0) is 12.5 Å². The van der Waals surface area contributed by atoms with E-state index >= 15 is 0 Å². The normalized spacial score (nSPS) is 12.9. The molecule has 0 fully saturated rings. The molecule has 0 aliphatic heterocycles. The summed E-state index contributed by atoms with van der Waals surface area (Å²) in [7, 11) is 1.65. The van der Waals surface area contributed by atoms with Gasteiger partial charge in [0.2, 0.25) is 5.88 Å². The number of aromatic nitrogens is 2. The highest BCUT2D eigenvalue weighted by Gasteiger charge is 2.31. The number of rotatable bonds is 2. The van der Waals surface area contributed by atoms with Crippen molar-refractivity contribution in [2.75, 3.05) is 6.61 Å². The summed E-state index contributed by atoms with van der Waals surface area (Å²) in [5, 5.41) is 3.87. The van der Waals surface area contributed by atoms with Crippen LogP contribution in [0.1, 0.15) is 26.3 Å². The standard InChI is InChI=1S/C10H15F3N2O/c1-9(2,3)7-5-15(4)14-8(7)16-6-10(11,12)13/h5H,6H2,1-4H3. The van der Waals surface area contributed by atoms with Crippen molar-refractivity contribution in [3.8, 4) is 5.88 Å². The summed E-state index contributed by atoms with van der Waals surface area (Å²) in [6.07, 6.45) is -2.67. The Morgan fingerprint density at radius 2 is 1.88 bits per heavy atom. The van der Waals surface area contributed by atoms with Crippen LogP contribution >= 0.6 is 0 Å². The van der Waals surface area contributed by atoms with Crippen LogP contribution in [0.25, 0.3) is 0 Å². The van der Waals surface area contributed by atoms with Crippen LogP contribution in [0.5, 0.6) is 5.88 Å². The third-order valence-corrected chi connectivity index (χ3v) is 1.98. The van der Waals surface area contributed by atoms with E-state index in [-0.39, 0.29) is 11.3 Å². The first-order valence-electron chi connectivity index (χ1n) is 4.83. The fourth-order valence-electron chi connectivity index (χ4n) is 1.24. The van der Waals surface area contributed by atoms with Crippen molar-refractivity contribution in [3.63, 3.8) is 0 Å². The molecule has 92 valence electrons. The van der Waals surface area contributed by atoms with Crippen molar-refractivity contribution in [2.45, 2.75) is 32.4 Å². The summed E-state index contributed by atoms with van der Waals surface area (Å²) in [5.74, 6) is 0.0484. The van der Waals surface area contributed by atoms with Gasteiger partial charge >= 0.3 is 6.18 Å². The van der Waals surface area contributed by atoms with E-state index in [2.05, 4.69) is 5.10 Å². The van der Waals surface area contributed by atoms with Crippen LogP contribution in [0, 0.1) is 0 Å². The number of ether oxygens (including phenoxy) is 1. The molecule has 0 amide bonds. The van der Waals surface area contributed by atoms with Gasteiger partial charge in [0.05, 0.1) is 0 Å². The summed E-state index contributed by atoms with van der Waals surface area (Å²) in [6, 6.07) is 0. The van der Waals surface area contributed by atoms with Crippen LogP contribution in [0.4, 0.5) is 13.2 Å². The fourth-order valence-corrected chi connectivity index (χ4v) is 1.24. The quantitative estimate of drug-likeness (QED) is 0.789. The molecule has 0 bridgehead atoms. The van der Waals surface area contributed by atoms with E-state index in [1.54, 1.807) is 13.2 Å². The number of alkyl halides is 3. The first-order chi connectivity index (χ1) is 7.09. The van der Waals surface area contributed by atoms with Gasteiger partial charge in [-0.05, 0) is 5.41 Å². The SMILES string of the molecule is Cn1cc(C(C)(C)C)c(OCC(F)(F)F)n1. The molecule has 1 rings (SSSR count). The van der Waals surface area contributed by atoms with Gasteiger partial charge in [-0.2, -0.15) is 13.2 Å². The average molecular weight is 236 g/mol. The second kappa shape index (κ2) is 3.99. The predicted molar refractivity (Wildman–Crippen MR) is 53.5 cm³/mol. The lowest BCUT2D eigenvalue weighted by Gasteiger charge is -2.18. The molecule has 0 saturated carbocycles. The van der Waals surface area contributed by atoms with E-state index in [1.165, 1.54) is 4.68 Å². The smallest absolute Gasteiger partial charge is 0.422 e. The van der Waals surface area contributed by atoms with Gasteiger partial charge in [-0.3, -0.25) is 4.68 Å². The molecular weight excluding hydrogens is 221 g/mol. The molecule has 1 heterocycles.